The zero-order valence-electron chi connectivity index (χ0n) is 18.5. The molecule has 154 valence electrons. The molecule has 0 atom stereocenters. The predicted octanol–water partition coefficient (Wildman–Crippen LogP) is 3.76. The first-order valence-electron chi connectivity index (χ1n) is 9.19. The number of hydrogen-bond acceptors (Lipinski definition) is 5. The Kier molecular flexibility index (Phi) is 5.42. The fraction of sp³-hybridized carbons (Fsp3) is 0.632. The predicted molar refractivity (Wildman–Crippen MR) is 109 cm³/mol. The summed E-state index contributed by atoms with van der Waals surface area (Å²) in [7, 11) is 4.94. The Morgan fingerprint density at radius 2 is 1.64 bits per heavy atom. The van der Waals surface area contributed by atoms with Crippen LogP contribution in [0.5, 0.6) is 0 Å². The highest BCUT2D eigenvalue weighted by Gasteiger charge is 2.28. The van der Waals surface area contributed by atoms with Crippen LogP contribution >= 0.6 is 0 Å². The van der Waals surface area contributed by atoms with Gasteiger partial charge in [0, 0.05) is 37.5 Å². The van der Waals surface area contributed by atoms with Crippen molar-refractivity contribution >= 4 is 17.5 Å². The van der Waals surface area contributed by atoms with Gasteiger partial charge in [-0.05, 0) is 6.92 Å². The Hall–Kier alpha value is -2.71. The summed E-state index contributed by atoms with van der Waals surface area (Å²) in [5.41, 5.74) is 1.57. The smallest absolute Gasteiger partial charge is 0.329 e. The lowest BCUT2D eigenvalue weighted by Gasteiger charge is -2.16. The summed E-state index contributed by atoms with van der Waals surface area (Å²) in [5.74, 6) is 0.326. The van der Waals surface area contributed by atoms with Gasteiger partial charge in [0.2, 0.25) is 0 Å². The van der Waals surface area contributed by atoms with Gasteiger partial charge in [0.05, 0.1) is 11.4 Å². The average molecular weight is 390 g/mol. The van der Waals surface area contributed by atoms with Crippen molar-refractivity contribution in [2.75, 3.05) is 14.1 Å². The van der Waals surface area contributed by atoms with E-state index in [-0.39, 0.29) is 28.1 Å². The van der Waals surface area contributed by atoms with E-state index in [4.69, 9.17) is 0 Å². The van der Waals surface area contributed by atoms with Crippen LogP contribution in [0.15, 0.2) is 15.0 Å². The largest absolute Gasteiger partial charge is 0.346 e. The van der Waals surface area contributed by atoms with Gasteiger partial charge >= 0.3 is 6.03 Å². The molecule has 0 fully saturated rings. The third kappa shape index (κ3) is 3.93. The molecule has 2 aromatic heterocycles. The van der Waals surface area contributed by atoms with Crippen LogP contribution in [0.3, 0.4) is 0 Å². The van der Waals surface area contributed by atoms with E-state index in [1.165, 1.54) is 14.3 Å². The second-order valence-corrected chi connectivity index (χ2v) is 9.29. The summed E-state index contributed by atoms with van der Waals surface area (Å²) < 4.78 is 2.62. The number of carbonyl (C=O) groups is 1. The van der Waals surface area contributed by atoms with E-state index in [2.05, 4.69) is 20.4 Å². The van der Waals surface area contributed by atoms with Crippen LogP contribution in [0.25, 0.3) is 0 Å². The molecule has 0 radical (unpaired) electrons. The first-order valence-corrected chi connectivity index (χ1v) is 9.19. The van der Waals surface area contributed by atoms with Gasteiger partial charge < -0.3 is 4.90 Å². The number of aryl methyl sites for hydroxylation is 1. The molecule has 2 rings (SSSR count). The molecule has 0 saturated heterocycles. The number of nitrogens with zero attached hydrogens (tertiary/aromatic N) is 6. The van der Waals surface area contributed by atoms with E-state index in [9.17, 15) is 9.59 Å². The van der Waals surface area contributed by atoms with Gasteiger partial charge in [-0.2, -0.15) is 9.78 Å². The van der Waals surface area contributed by atoms with Crippen LogP contribution in [-0.2, 0) is 17.9 Å². The second-order valence-electron chi connectivity index (χ2n) is 9.29. The summed E-state index contributed by atoms with van der Waals surface area (Å²) in [5, 5.41) is 16.1. The number of H-pyrrole nitrogens is 1. The second kappa shape index (κ2) is 7.03. The molecule has 0 aliphatic carbocycles. The van der Waals surface area contributed by atoms with E-state index < -0.39 is 0 Å². The van der Waals surface area contributed by atoms with E-state index in [0.29, 0.717) is 11.5 Å². The molecule has 0 aliphatic rings. The van der Waals surface area contributed by atoms with Gasteiger partial charge in [-0.15, -0.1) is 10.2 Å². The molecule has 0 aliphatic heterocycles. The number of carbonyl (C=O) groups excluding carboxylic acids is 1. The molecular formula is C19H31N7O2. The molecule has 9 heteroatoms. The number of azo groups is 1. The van der Waals surface area contributed by atoms with Crippen LogP contribution in [0, 0.1) is 6.92 Å². The number of hydrogen-bond donors (Lipinski definition) is 1. The number of amides is 1. The molecule has 0 saturated carbocycles. The van der Waals surface area contributed by atoms with Gasteiger partial charge in [0.15, 0.2) is 11.5 Å². The minimum atomic E-state index is -0.328. The van der Waals surface area contributed by atoms with Crippen LogP contribution < -0.4 is 5.56 Å². The van der Waals surface area contributed by atoms with E-state index >= 15 is 0 Å². The highest BCUT2D eigenvalue weighted by atomic mass is 16.2. The lowest BCUT2D eigenvalue weighted by Crippen LogP contribution is -2.28. The molecule has 2 aromatic rings. The monoisotopic (exact) mass is 389 g/mol. The minimum Gasteiger partial charge on any atom is -0.329 e. The summed E-state index contributed by atoms with van der Waals surface area (Å²) >= 11 is 0. The topological polar surface area (TPSA) is 101 Å². The number of nitrogens with one attached hydrogen (secondary N) is 1. The fourth-order valence-electron chi connectivity index (χ4n) is 2.89. The molecule has 2 heterocycles. The van der Waals surface area contributed by atoms with Crippen molar-refractivity contribution in [3.63, 3.8) is 0 Å². The lowest BCUT2D eigenvalue weighted by molar-refractivity contribution is 0.216. The molecular weight excluding hydrogens is 358 g/mol. The highest BCUT2D eigenvalue weighted by molar-refractivity contribution is 5.79. The molecule has 0 unspecified atom stereocenters. The minimum absolute atomic E-state index is 0.233. The molecule has 1 N–H and O–H groups in total. The molecule has 0 aromatic carbocycles. The quantitative estimate of drug-likeness (QED) is 0.791. The van der Waals surface area contributed by atoms with Gasteiger partial charge in [0.25, 0.3) is 5.56 Å². The molecule has 0 bridgehead atoms. The summed E-state index contributed by atoms with van der Waals surface area (Å²) in [4.78, 5) is 26.6. The summed E-state index contributed by atoms with van der Waals surface area (Å²) in [6, 6.07) is -0.328. The molecule has 0 spiro atoms. The fourth-order valence-corrected chi connectivity index (χ4v) is 2.89. The summed E-state index contributed by atoms with van der Waals surface area (Å²) in [6.07, 6.45) is 0. The Morgan fingerprint density at radius 3 is 2.11 bits per heavy atom. The molecule has 1 amide bonds. The standard InChI is InChI=1S/C19H31N7O2/c1-11-13(18(2,3)4)23-26(17(28)24(8)9)15(11)21-20-12-14(19(5,6)7)22-25(10)16(12)27/h22H,1-10H3. The van der Waals surface area contributed by atoms with Crippen molar-refractivity contribution < 1.29 is 4.79 Å². The van der Waals surface area contributed by atoms with Gasteiger partial charge in [-0.1, -0.05) is 41.5 Å². The first-order chi connectivity index (χ1) is 12.7. The highest BCUT2D eigenvalue weighted by Crippen LogP contribution is 2.33. The maximum absolute atomic E-state index is 12.6. The maximum atomic E-state index is 12.6. The van der Waals surface area contributed by atoms with Crippen molar-refractivity contribution in [2.24, 2.45) is 17.3 Å². The number of rotatable bonds is 2. The summed E-state index contributed by atoms with van der Waals surface area (Å²) in [6.45, 7) is 13.9. The first kappa shape index (κ1) is 21.6. The maximum Gasteiger partial charge on any atom is 0.346 e. The van der Waals surface area contributed by atoms with E-state index in [0.717, 1.165) is 11.3 Å². The third-order valence-electron chi connectivity index (χ3n) is 4.38. The van der Waals surface area contributed by atoms with E-state index in [1.807, 2.05) is 48.5 Å². The van der Waals surface area contributed by atoms with Crippen molar-refractivity contribution in [2.45, 2.75) is 59.3 Å². The van der Waals surface area contributed by atoms with Crippen molar-refractivity contribution in [3.8, 4) is 0 Å². The molecule has 28 heavy (non-hydrogen) atoms. The van der Waals surface area contributed by atoms with Crippen LogP contribution in [0.1, 0.15) is 58.5 Å². The Bertz CT molecular complexity index is 976. The SMILES string of the molecule is Cc1c(C(C)(C)C)nn(C(=O)N(C)C)c1N=Nc1c(C(C)(C)C)[nH]n(C)c1=O. The van der Waals surface area contributed by atoms with Gasteiger partial charge in [-0.3, -0.25) is 14.6 Å². The Balaban J connectivity index is 2.69. The number of aromatic amines is 1. The van der Waals surface area contributed by atoms with Gasteiger partial charge in [-0.25, -0.2) is 4.79 Å². The van der Waals surface area contributed by atoms with E-state index in [1.54, 1.807) is 21.1 Å². The van der Waals surface area contributed by atoms with Crippen LogP contribution in [0.4, 0.5) is 16.3 Å². The number of aromatic nitrogens is 4. The van der Waals surface area contributed by atoms with Gasteiger partial charge in [0.1, 0.15) is 0 Å². The zero-order valence-corrected chi connectivity index (χ0v) is 18.5. The lowest BCUT2D eigenvalue weighted by atomic mass is 9.90. The van der Waals surface area contributed by atoms with Crippen molar-refractivity contribution in [1.29, 1.82) is 0 Å². The third-order valence-corrected chi connectivity index (χ3v) is 4.38. The average Bonchev–Trinajstić information content (AvgIpc) is 3.02. The van der Waals surface area contributed by atoms with Crippen LogP contribution in [-0.4, -0.2) is 44.6 Å². The van der Waals surface area contributed by atoms with Crippen molar-refractivity contribution in [3.05, 3.63) is 27.3 Å². The van der Waals surface area contributed by atoms with Crippen molar-refractivity contribution in [1.82, 2.24) is 24.5 Å². The van der Waals surface area contributed by atoms with Crippen LogP contribution in [0.2, 0.25) is 0 Å². The molecule has 9 nitrogen and oxygen atoms in total. The Morgan fingerprint density at radius 1 is 1.07 bits per heavy atom. The Labute approximate surface area is 165 Å². The normalized spacial score (nSPS) is 12.8. The zero-order chi connectivity index (χ0) is 21.6.